The van der Waals surface area contributed by atoms with Crippen LogP contribution in [0.4, 0.5) is 5.69 Å². The van der Waals surface area contributed by atoms with Gasteiger partial charge in [0.25, 0.3) is 5.91 Å². The largest absolute Gasteiger partial charge is 0.366 e. The molecular weight excluding hydrogens is 534 g/mol. The number of hydrogen-bond acceptors (Lipinski definition) is 3. The van der Waals surface area contributed by atoms with Gasteiger partial charge >= 0.3 is 0 Å². The number of nitrogens with one attached hydrogen (secondary N) is 1. The number of carbonyl (C=O) groups excluding carboxylic acids is 3. The monoisotopic (exact) mass is 593 g/mol. The number of amides is 3. The van der Waals surface area contributed by atoms with E-state index in [4.69, 9.17) is 5.73 Å². The Balaban J connectivity index is 1.53. The summed E-state index contributed by atoms with van der Waals surface area (Å²) in [4.78, 5) is 42.4. The van der Waals surface area contributed by atoms with Crippen molar-refractivity contribution < 1.29 is 14.4 Å². The molecule has 0 spiro atoms. The Morgan fingerprint density at radius 3 is 1.74 bits per heavy atom. The Labute approximate surface area is 261 Å². The van der Waals surface area contributed by atoms with Gasteiger partial charge in [-0.2, -0.15) is 0 Å². The van der Waals surface area contributed by atoms with Crippen molar-refractivity contribution >= 4 is 23.4 Å². The molecule has 3 saturated carbocycles. The van der Waals surface area contributed by atoms with Gasteiger partial charge in [0, 0.05) is 34.8 Å². The fourth-order valence-corrected chi connectivity index (χ4v) is 8.29. The van der Waals surface area contributed by atoms with Gasteiger partial charge in [-0.25, -0.2) is 0 Å². The summed E-state index contributed by atoms with van der Waals surface area (Å²) in [5, 5.41) is 3.08. The molecule has 0 aliphatic heterocycles. The van der Waals surface area contributed by atoms with E-state index in [1.54, 1.807) is 18.2 Å². The van der Waals surface area contributed by atoms with Crippen LogP contribution in [0.3, 0.4) is 0 Å². The van der Waals surface area contributed by atoms with Crippen LogP contribution in [0.2, 0.25) is 0 Å². The lowest BCUT2D eigenvalue weighted by Crippen LogP contribution is -2.50. The van der Waals surface area contributed by atoms with Crippen molar-refractivity contribution in [3.8, 4) is 0 Å². The maximum atomic E-state index is 14.5. The molecule has 1 aromatic carbocycles. The second-order valence-corrected chi connectivity index (χ2v) is 14.9. The molecule has 6 nitrogen and oxygen atoms in total. The van der Waals surface area contributed by atoms with Gasteiger partial charge in [-0.1, -0.05) is 53.9 Å². The van der Waals surface area contributed by atoms with Gasteiger partial charge in [0.05, 0.1) is 0 Å². The molecule has 240 valence electrons. The summed E-state index contributed by atoms with van der Waals surface area (Å²) in [6, 6.07) is 5.48. The molecule has 3 aliphatic carbocycles. The van der Waals surface area contributed by atoms with E-state index < -0.39 is 5.91 Å². The zero-order chi connectivity index (χ0) is 31.1. The molecule has 0 saturated heterocycles. The molecule has 3 N–H and O–H groups in total. The number of hydrogen-bond donors (Lipinski definition) is 2. The summed E-state index contributed by atoms with van der Waals surface area (Å²) in [6.45, 7) is 11.5. The Bertz CT molecular complexity index is 1050. The smallest absolute Gasteiger partial charge is 0.254 e. The quantitative estimate of drug-likeness (QED) is 0.269. The van der Waals surface area contributed by atoms with Crippen LogP contribution < -0.4 is 11.1 Å². The van der Waals surface area contributed by atoms with Gasteiger partial charge in [-0.3, -0.25) is 14.4 Å². The number of rotatable bonds is 11. The van der Waals surface area contributed by atoms with E-state index in [-0.39, 0.29) is 35.4 Å². The third-order valence-electron chi connectivity index (χ3n) is 11.3. The molecule has 3 fully saturated rings. The molecule has 6 heteroatoms. The first-order chi connectivity index (χ1) is 20.6. The van der Waals surface area contributed by atoms with Crippen molar-refractivity contribution in [3.63, 3.8) is 0 Å². The summed E-state index contributed by atoms with van der Waals surface area (Å²) in [6.07, 6.45) is 16.4. The molecular formula is C37H59N3O3. The number of anilines is 1. The molecule has 3 aliphatic rings. The van der Waals surface area contributed by atoms with E-state index in [1.807, 2.05) is 0 Å². The van der Waals surface area contributed by atoms with Crippen LogP contribution in [0.25, 0.3) is 0 Å². The van der Waals surface area contributed by atoms with Gasteiger partial charge in [-0.05, 0) is 125 Å². The van der Waals surface area contributed by atoms with Gasteiger partial charge in [-0.15, -0.1) is 0 Å². The highest BCUT2D eigenvalue weighted by molar-refractivity contribution is 6.02. The Morgan fingerprint density at radius 2 is 1.28 bits per heavy atom. The van der Waals surface area contributed by atoms with Crippen molar-refractivity contribution in [2.75, 3.05) is 5.32 Å². The highest BCUT2D eigenvalue weighted by Crippen LogP contribution is 2.39. The average Bonchev–Trinajstić information content (AvgIpc) is 3.00. The Hall–Kier alpha value is -2.37. The SMILES string of the molecule is CCCCC1CCC(C(=O)Nc2cc(C(N)=O)cc(C(=O)N([C@H]3CC[C@@H](C(C)C)CC3)[C@H]3CC[C@@H](C(C)C)CC3)c2)CC1. The zero-order valence-electron chi connectivity index (χ0n) is 27.7. The lowest BCUT2D eigenvalue weighted by Gasteiger charge is -2.45. The first-order valence-electron chi connectivity index (χ1n) is 17.7. The van der Waals surface area contributed by atoms with Gasteiger partial charge in [0.1, 0.15) is 0 Å². The predicted octanol–water partition coefficient (Wildman–Crippen LogP) is 8.59. The highest BCUT2D eigenvalue weighted by Gasteiger charge is 2.37. The highest BCUT2D eigenvalue weighted by atomic mass is 16.2. The molecule has 0 heterocycles. The molecule has 4 rings (SSSR count). The van der Waals surface area contributed by atoms with Crippen LogP contribution in [-0.2, 0) is 4.79 Å². The molecule has 43 heavy (non-hydrogen) atoms. The molecule has 0 atom stereocenters. The molecule has 0 radical (unpaired) electrons. The molecule has 0 aromatic heterocycles. The predicted molar refractivity (Wildman–Crippen MR) is 176 cm³/mol. The maximum Gasteiger partial charge on any atom is 0.254 e. The van der Waals surface area contributed by atoms with Crippen LogP contribution in [0.15, 0.2) is 18.2 Å². The number of nitrogens with two attached hydrogens (primary N) is 1. The third-order valence-corrected chi connectivity index (χ3v) is 11.3. The lowest BCUT2D eigenvalue weighted by molar-refractivity contribution is -0.121. The topological polar surface area (TPSA) is 92.5 Å². The van der Waals surface area contributed by atoms with Crippen molar-refractivity contribution in [3.05, 3.63) is 29.3 Å². The van der Waals surface area contributed by atoms with Crippen molar-refractivity contribution in [2.24, 2.45) is 41.2 Å². The number of primary amides is 1. The van der Waals surface area contributed by atoms with E-state index in [0.29, 0.717) is 34.9 Å². The second kappa shape index (κ2) is 15.6. The van der Waals surface area contributed by atoms with Crippen molar-refractivity contribution in [1.82, 2.24) is 4.90 Å². The number of carbonyl (C=O) groups is 3. The van der Waals surface area contributed by atoms with Gasteiger partial charge < -0.3 is 16.0 Å². The van der Waals surface area contributed by atoms with Gasteiger partial charge in [0.2, 0.25) is 11.8 Å². The minimum atomic E-state index is -0.581. The third kappa shape index (κ3) is 8.85. The normalized spacial score (nSPS) is 28.1. The summed E-state index contributed by atoms with van der Waals surface area (Å²) >= 11 is 0. The first kappa shape index (κ1) is 33.5. The summed E-state index contributed by atoms with van der Waals surface area (Å²) < 4.78 is 0. The molecule has 1 aromatic rings. The summed E-state index contributed by atoms with van der Waals surface area (Å²) in [5.41, 5.74) is 7.00. The van der Waals surface area contributed by atoms with Crippen molar-refractivity contribution in [2.45, 2.75) is 143 Å². The van der Waals surface area contributed by atoms with E-state index in [9.17, 15) is 14.4 Å². The zero-order valence-corrected chi connectivity index (χ0v) is 27.7. The average molecular weight is 594 g/mol. The molecule has 3 amide bonds. The molecule has 0 bridgehead atoms. The van der Waals surface area contributed by atoms with Crippen LogP contribution >= 0.6 is 0 Å². The standard InChI is InChI=1S/C37H59N3O3/c1-6-7-8-26-9-11-29(12-10-26)36(42)39-32-22-30(35(38)41)21-31(23-32)37(43)40(33-17-13-27(14-18-33)24(2)3)34-19-15-28(16-20-34)25(4)5/h21-29,33-34H,6-20H2,1-5H3,(H2,38,41)(H,39,42)/t26?,27-,28-,29?,33+,34+. The van der Waals surface area contributed by atoms with Crippen LogP contribution in [0, 0.1) is 35.5 Å². The number of nitrogens with zero attached hydrogens (tertiary/aromatic N) is 1. The van der Waals surface area contributed by atoms with E-state index in [1.165, 1.54) is 19.3 Å². The Kier molecular flexibility index (Phi) is 12.1. The summed E-state index contributed by atoms with van der Waals surface area (Å²) in [7, 11) is 0. The fraction of sp³-hybridized carbons (Fsp3) is 0.757. The van der Waals surface area contributed by atoms with E-state index in [2.05, 4.69) is 44.8 Å². The van der Waals surface area contributed by atoms with Crippen LogP contribution in [0.5, 0.6) is 0 Å². The van der Waals surface area contributed by atoms with E-state index in [0.717, 1.165) is 83.0 Å². The van der Waals surface area contributed by atoms with Crippen LogP contribution in [-0.4, -0.2) is 34.7 Å². The Morgan fingerprint density at radius 1 is 0.767 bits per heavy atom. The summed E-state index contributed by atoms with van der Waals surface area (Å²) in [5.74, 6) is 2.84. The van der Waals surface area contributed by atoms with E-state index >= 15 is 0 Å². The second-order valence-electron chi connectivity index (χ2n) is 14.9. The first-order valence-corrected chi connectivity index (χ1v) is 17.7. The number of benzene rings is 1. The maximum absolute atomic E-state index is 14.5. The molecule has 0 unspecified atom stereocenters. The fourth-order valence-electron chi connectivity index (χ4n) is 8.29. The van der Waals surface area contributed by atoms with Gasteiger partial charge in [0.15, 0.2) is 0 Å². The van der Waals surface area contributed by atoms with Crippen molar-refractivity contribution in [1.29, 1.82) is 0 Å². The minimum Gasteiger partial charge on any atom is -0.366 e. The lowest BCUT2D eigenvalue weighted by atomic mass is 9.76. The minimum absolute atomic E-state index is 0.00941. The van der Waals surface area contributed by atoms with Crippen LogP contribution in [0.1, 0.15) is 152 Å². The number of unbranched alkanes of at least 4 members (excludes halogenated alkanes) is 1.